The third-order valence-electron chi connectivity index (χ3n) is 20.9. The van der Waals surface area contributed by atoms with Crippen LogP contribution in [0.5, 0.6) is 11.5 Å². The molecule has 8 aromatic carbocycles. The van der Waals surface area contributed by atoms with Crippen LogP contribution in [-0.4, -0.2) is 176 Å². The van der Waals surface area contributed by atoms with Gasteiger partial charge in [0, 0.05) is 96.3 Å². The van der Waals surface area contributed by atoms with Gasteiger partial charge in [-0.15, -0.1) is 0 Å². The highest BCUT2D eigenvalue weighted by Gasteiger charge is 2.47. The predicted octanol–water partition coefficient (Wildman–Crippen LogP) is 13.4. The van der Waals surface area contributed by atoms with Crippen molar-refractivity contribution in [2.75, 3.05) is 98.4 Å². The Morgan fingerprint density at radius 1 is 0.475 bits per heavy atom. The highest BCUT2D eigenvalue weighted by molar-refractivity contribution is 7.86. The van der Waals surface area contributed by atoms with E-state index in [1.807, 2.05) is 96.1 Å². The van der Waals surface area contributed by atoms with E-state index in [9.17, 15) is 31.5 Å². The summed E-state index contributed by atoms with van der Waals surface area (Å²) in [6, 6.07) is 54.5. The van der Waals surface area contributed by atoms with E-state index in [-0.39, 0.29) is 65.7 Å². The summed E-state index contributed by atoms with van der Waals surface area (Å²) in [5.41, 5.74) is 9.10. The minimum absolute atomic E-state index is 0.0645. The molecule has 4 aliphatic rings. The number of benzene rings is 8. The number of hydrogen-bond donors (Lipinski definition) is 2. The molecule has 8 heterocycles. The van der Waals surface area contributed by atoms with Crippen molar-refractivity contribution >= 4 is 89.4 Å². The standard InChI is InChI=1S/C35H38Cl2N8O4.C22H27N5O2.C20H19Cl2N3O5S.C7H8O3S/c1-3-25(2)45-34(46)44(24-40-45)29-7-5-27(6-8-29)41-14-16-42(17-15-41)28-9-11-30(12-10-28)47-19-31-20-48-35(49-31,21-43-23-38-22-39-43)32-13-4-26(36)18-33(32)37;1-3-17(2)27-22(29)26(16-23-27)20-6-4-18(5-7-20)24-12-14-25(15-13-24)19-8-10-21(28)11-9-19;1-14-2-5-17(6-3-14)31(26,27)29-10-16-9-28-20(30-16,11-25-13-23-12-24-25)18-7-4-15(21)8-19(18)22;1-6-2-4-7(5-3-6)11(8,9)10/h4-13,18,22-25,31H,3,14-17,19-21H2,1-2H3;4-11,16-17,28H,3,12-15H2,1-2H3;2-8,12-13,16H,9-11H2,1H3;2-5H,1H3,(H,8,9,10)/t25?,31-,35-;;16-,20+;/m1.0./s1. The van der Waals surface area contributed by atoms with E-state index in [0.29, 0.717) is 50.2 Å². The van der Waals surface area contributed by atoms with E-state index < -0.39 is 37.9 Å². The van der Waals surface area contributed by atoms with Crippen LogP contribution >= 0.6 is 46.4 Å². The average molecular weight is 1760 g/mol. The number of aromatic nitrogens is 12. The molecule has 12 aromatic rings. The van der Waals surface area contributed by atoms with Crippen molar-refractivity contribution in [1.29, 1.82) is 0 Å². The van der Waals surface area contributed by atoms with Gasteiger partial charge in [0.2, 0.25) is 11.6 Å². The number of phenols is 1. The third-order valence-corrected chi connectivity index (χ3v) is 24.2. The average Bonchev–Trinajstić information content (AvgIpc) is 1.60. The highest BCUT2D eigenvalue weighted by Crippen LogP contribution is 2.43. The molecule has 6 atom stereocenters. The summed E-state index contributed by atoms with van der Waals surface area (Å²) in [6.07, 6.45) is 9.90. The molecule has 0 amide bonds. The fourth-order valence-electron chi connectivity index (χ4n) is 13.9. The maximum Gasteiger partial charge on any atom is 0.350 e. The fraction of sp³-hybridized carbons (Fsp3) is 0.333. The number of phenolic OH excluding ortho intramolecular Hbond substituents is 1. The van der Waals surface area contributed by atoms with Crippen molar-refractivity contribution in [2.24, 2.45) is 0 Å². The van der Waals surface area contributed by atoms with Crippen LogP contribution in [0.4, 0.5) is 22.7 Å². The molecule has 0 bridgehead atoms. The molecule has 4 fully saturated rings. The normalized spacial score (nSPS) is 18.6. The Kier molecular flexibility index (Phi) is 28.3. The van der Waals surface area contributed by atoms with Gasteiger partial charge in [0.25, 0.3) is 20.2 Å². The van der Waals surface area contributed by atoms with Gasteiger partial charge in [-0.1, -0.05) is 108 Å². The van der Waals surface area contributed by atoms with Gasteiger partial charge in [0.05, 0.1) is 63.1 Å². The number of piperazine rings is 2. The molecule has 120 heavy (non-hydrogen) atoms. The van der Waals surface area contributed by atoms with Gasteiger partial charge in [-0.05, 0) is 186 Å². The maximum absolute atomic E-state index is 12.8. The van der Waals surface area contributed by atoms with Gasteiger partial charge < -0.3 is 48.4 Å². The summed E-state index contributed by atoms with van der Waals surface area (Å²) < 4.78 is 100. The van der Waals surface area contributed by atoms with Crippen LogP contribution in [0.1, 0.15) is 74.9 Å². The molecule has 0 radical (unpaired) electrons. The van der Waals surface area contributed by atoms with E-state index >= 15 is 0 Å². The number of aromatic hydroxyl groups is 1. The minimum atomic E-state index is -4.02. The predicted molar refractivity (Wildman–Crippen MR) is 458 cm³/mol. The molecule has 0 aliphatic carbocycles. The zero-order valence-electron chi connectivity index (χ0n) is 66.7. The second-order valence-electron chi connectivity index (χ2n) is 29.2. The van der Waals surface area contributed by atoms with Crippen molar-refractivity contribution in [3.8, 4) is 22.9 Å². The molecule has 2 unspecified atom stereocenters. The number of ether oxygens (including phenoxy) is 5. The molecule has 30 nitrogen and oxygen atoms in total. The Hall–Kier alpha value is -10.5. The largest absolute Gasteiger partial charge is 0.508 e. The Morgan fingerprint density at radius 2 is 0.842 bits per heavy atom. The summed E-state index contributed by atoms with van der Waals surface area (Å²) in [5.74, 6) is -1.43. The number of hydrogen-bond acceptors (Lipinski definition) is 23. The molecule has 0 saturated carbocycles. The van der Waals surface area contributed by atoms with Crippen molar-refractivity contribution < 1.29 is 54.4 Å². The summed E-state index contributed by atoms with van der Waals surface area (Å²) in [7, 11) is -7.96. The smallest absolute Gasteiger partial charge is 0.350 e. The van der Waals surface area contributed by atoms with Gasteiger partial charge in [0.1, 0.15) is 81.4 Å². The molecule has 0 spiro atoms. The summed E-state index contributed by atoms with van der Waals surface area (Å²) in [6.45, 7) is 20.0. The van der Waals surface area contributed by atoms with Crippen LogP contribution in [0, 0.1) is 13.8 Å². The summed E-state index contributed by atoms with van der Waals surface area (Å²) in [5, 5.41) is 28.1. The van der Waals surface area contributed by atoms with Crippen molar-refractivity contribution in [3.63, 3.8) is 0 Å². The van der Waals surface area contributed by atoms with Crippen LogP contribution in [0.3, 0.4) is 0 Å². The Bertz CT molecular complexity index is 5730. The molecule has 4 aromatic heterocycles. The van der Waals surface area contributed by atoms with E-state index in [2.05, 4.69) is 86.4 Å². The van der Waals surface area contributed by atoms with Crippen LogP contribution < -0.4 is 35.7 Å². The van der Waals surface area contributed by atoms with E-state index in [1.165, 1.54) is 57.3 Å². The molecule has 2 N–H and O–H groups in total. The molecule has 4 saturated heterocycles. The monoisotopic (exact) mass is 1750 g/mol. The first-order chi connectivity index (χ1) is 57.6. The lowest BCUT2D eigenvalue weighted by atomic mass is 10.1. The first-order valence-corrected chi connectivity index (χ1v) is 43.3. The maximum atomic E-state index is 12.8. The fourth-order valence-corrected chi connectivity index (χ4v) is 16.4. The van der Waals surface area contributed by atoms with Crippen LogP contribution in [0.15, 0.2) is 239 Å². The topological polar surface area (TPSA) is 318 Å². The first-order valence-electron chi connectivity index (χ1n) is 38.9. The summed E-state index contributed by atoms with van der Waals surface area (Å²) in [4.78, 5) is 42.8. The number of aryl methyl sites for hydroxylation is 2. The zero-order valence-corrected chi connectivity index (χ0v) is 71.3. The van der Waals surface area contributed by atoms with Crippen LogP contribution in [0.25, 0.3) is 11.4 Å². The number of rotatable bonds is 24. The molecule has 16 rings (SSSR count). The van der Waals surface area contributed by atoms with Gasteiger partial charge in [-0.2, -0.15) is 37.2 Å². The Balaban J connectivity index is 0.000000152. The number of anilines is 4. The zero-order chi connectivity index (χ0) is 84.9. The van der Waals surface area contributed by atoms with Crippen molar-refractivity contribution in [3.05, 3.63) is 283 Å². The highest BCUT2D eigenvalue weighted by atomic mass is 35.5. The van der Waals surface area contributed by atoms with Gasteiger partial charge >= 0.3 is 11.4 Å². The second kappa shape index (κ2) is 38.9. The number of nitrogens with zero attached hydrogens (tertiary/aromatic N) is 16. The first kappa shape index (κ1) is 87.4. The molecular weight excluding hydrogens is 1660 g/mol. The lowest BCUT2D eigenvalue weighted by molar-refractivity contribution is -0.191. The van der Waals surface area contributed by atoms with E-state index in [4.69, 9.17) is 78.8 Å². The van der Waals surface area contributed by atoms with Gasteiger partial charge in [-0.3, -0.25) is 8.74 Å². The molecule has 4 aliphatic heterocycles. The van der Waals surface area contributed by atoms with Crippen LogP contribution in [0.2, 0.25) is 20.1 Å². The SMILES string of the molecule is CCC(C)n1ncn(-c2ccc(N3CCN(c4ccc(O)cc4)CC3)cc2)c1=O.CCC(C)n1ncn(-c2ccc(N3CCN(c4ccc(OC[C@@H]5CO[C@@](Cn6cncn6)(c6ccc(Cl)cc6Cl)O5)cc4)CC3)cc2)c1=O.Cc1ccc(S(=O)(=O)O)cc1.Cc1ccc(S(=O)(=O)OC[C@@H]2CO[C@@](Cn3cncn3)(c3ccc(Cl)cc3Cl)O2)cc1. The Labute approximate surface area is 715 Å². The van der Waals surface area contributed by atoms with Crippen LogP contribution in [-0.2, 0) is 68.0 Å². The lowest BCUT2D eigenvalue weighted by Crippen LogP contribution is -2.46. The minimum Gasteiger partial charge on any atom is -0.508 e. The molecular formula is C84H92Cl4N16O14S2. The van der Waals surface area contributed by atoms with Gasteiger partial charge in [-0.25, -0.2) is 47.4 Å². The van der Waals surface area contributed by atoms with E-state index in [1.54, 1.807) is 99.5 Å². The van der Waals surface area contributed by atoms with Crippen molar-refractivity contribution in [1.82, 2.24) is 58.2 Å². The Morgan fingerprint density at radius 3 is 1.21 bits per heavy atom. The third kappa shape index (κ3) is 21.5. The summed E-state index contributed by atoms with van der Waals surface area (Å²) >= 11 is 25.2. The quantitative estimate of drug-likeness (QED) is 0.0419. The van der Waals surface area contributed by atoms with Gasteiger partial charge in [0.15, 0.2) is 0 Å². The molecule has 36 heteroatoms. The van der Waals surface area contributed by atoms with E-state index in [0.717, 1.165) is 116 Å². The molecule has 632 valence electrons. The lowest BCUT2D eigenvalue weighted by Gasteiger charge is -2.37. The number of halogens is 4. The van der Waals surface area contributed by atoms with Crippen molar-refractivity contribution in [2.45, 2.75) is 113 Å². The second-order valence-corrected chi connectivity index (χ2v) is 33.9.